The van der Waals surface area contributed by atoms with Crippen LogP contribution in [0.1, 0.15) is 45.1 Å². The average Bonchev–Trinajstić information content (AvgIpc) is 2.52. The first kappa shape index (κ1) is 18.8. The van der Waals surface area contributed by atoms with Crippen molar-refractivity contribution in [1.82, 2.24) is 0 Å². The van der Waals surface area contributed by atoms with Crippen molar-refractivity contribution in [1.29, 1.82) is 0 Å². The van der Waals surface area contributed by atoms with E-state index in [0.29, 0.717) is 24.6 Å². The number of unbranched alkanes of at least 4 members (excludes halogenated alkanes) is 2. The van der Waals surface area contributed by atoms with Gasteiger partial charge >= 0.3 is 12.2 Å². The molecule has 1 rings (SSSR count). The van der Waals surface area contributed by atoms with Crippen molar-refractivity contribution in [2.45, 2.75) is 46.5 Å². The fourth-order valence-corrected chi connectivity index (χ4v) is 1.82. The molecule has 0 spiro atoms. The summed E-state index contributed by atoms with van der Waals surface area (Å²) in [5.74, 6) is 0. The minimum Gasteiger partial charge on any atom is -0.449 e. The first-order valence-electron chi connectivity index (χ1n) is 8.05. The van der Waals surface area contributed by atoms with Crippen LogP contribution in [0.3, 0.4) is 0 Å². The molecule has 0 saturated heterocycles. The molecule has 0 aliphatic carbocycles. The maximum absolute atomic E-state index is 11.7. The van der Waals surface area contributed by atoms with E-state index < -0.39 is 12.2 Å². The number of ether oxygens (including phenoxy) is 2. The average molecular weight is 322 g/mol. The van der Waals surface area contributed by atoms with Crippen molar-refractivity contribution < 1.29 is 19.1 Å². The first-order chi connectivity index (χ1) is 11.1. The van der Waals surface area contributed by atoms with Gasteiger partial charge < -0.3 is 9.47 Å². The Morgan fingerprint density at radius 2 is 1.35 bits per heavy atom. The van der Waals surface area contributed by atoms with Crippen molar-refractivity contribution in [2.24, 2.45) is 0 Å². The largest absolute Gasteiger partial charge is 0.449 e. The SMILES string of the molecule is CCCCOC(=O)Nc1cccc(NC(=O)OCCCC)c1C. The van der Waals surface area contributed by atoms with E-state index in [9.17, 15) is 9.59 Å². The predicted octanol–water partition coefficient (Wildman–Crippen LogP) is 4.69. The molecule has 0 fully saturated rings. The Bertz CT molecular complexity index is 475. The molecule has 2 amide bonds. The summed E-state index contributed by atoms with van der Waals surface area (Å²) in [7, 11) is 0. The molecule has 0 aliphatic rings. The highest BCUT2D eigenvalue weighted by atomic mass is 16.6. The van der Waals surface area contributed by atoms with E-state index in [1.807, 2.05) is 20.8 Å². The summed E-state index contributed by atoms with van der Waals surface area (Å²) in [6.07, 6.45) is 2.60. The smallest absolute Gasteiger partial charge is 0.411 e. The van der Waals surface area contributed by atoms with Crippen LogP contribution in [0.15, 0.2) is 18.2 Å². The molecule has 23 heavy (non-hydrogen) atoms. The molecule has 0 atom stereocenters. The van der Waals surface area contributed by atoms with E-state index in [2.05, 4.69) is 10.6 Å². The van der Waals surface area contributed by atoms with Crippen LogP contribution in [0.5, 0.6) is 0 Å². The van der Waals surface area contributed by atoms with E-state index in [1.54, 1.807) is 18.2 Å². The molecule has 6 nitrogen and oxygen atoms in total. The number of anilines is 2. The number of rotatable bonds is 8. The second kappa shape index (κ2) is 10.5. The molecular weight excluding hydrogens is 296 g/mol. The molecule has 6 heteroatoms. The van der Waals surface area contributed by atoms with Crippen LogP contribution in [0.25, 0.3) is 0 Å². The second-order valence-corrected chi connectivity index (χ2v) is 5.21. The molecule has 0 saturated carbocycles. The van der Waals surface area contributed by atoms with Crippen molar-refractivity contribution in [3.05, 3.63) is 23.8 Å². The summed E-state index contributed by atoms with van der Waals surface area (Å²) in [5.41, 5.74) is 1.93. The Balaban J connectivity index is 2.59. The quantitative estimate of drug-likeness (QED) is 0.681. The first-order valence-corrected chi connectivity index (χ1v) is 8.05. The lowest BCUT2D eigenvalue weighted by molar-refractivity contribution is 0.159. The van der Waals surface area contributed by atoms with Gasteiger partial charge in [-0.15, -0.1) is 0 Å². The van der Waals surface area contributed by atoms with Crippen LogP contribution in [0.4, 0.5) is 21.0 Å². The fraction of sp³-hybridized carbons (Fsp3) is 0.529. The zero-order valence-electron chi connectivity index (χ0n) is 14.1. The lowest BCUT2D eigenvalue weighted by Crippen LogP contribution is -2.17. The van der Waals surface area contributed by atoms with Crippen molar-refractivity contribution >= 4 is 23.6 Å². The van der Waals surface area contributed by atoms with Gasteiger partial charge in [0, 0.05) is 11.4 Å². The van der Waals surface area contributed by atoms with Gasteiger partial charge in [-0.1, -0.05) is 32.8 Å². The molecule has 0 unspecified atom stereocenters. The van der Waals surface area contributed by atoms with Gasteiger partial charge in [-0.3, -0.25) is 10.6 Å². The van der Waals surface area contributed by atoms with Gasteiger partial charge in [0.15, 0.2) is 0 Å². The zero-order chi connectivity index (χ0) is 17.1. The maximum atomic E-state index is 11.7. The van der Waals surface area contributed by atoms with Crippen LogP contribution in [-0.2, 0) is 9.47 Å². The van der Waals surface area contributed by atoms with Gasteiger partial charge in [-0.05, 0) is 37.5 Å². The van der Waals surface area contributed by atoms with Crippen LogP contribution in [-0.4, -0.2) is 25.4 Å². The highest BCUT2D eigenvalue weighted by Crippen LogP contribution is 2.23. The zero-order valence-corrected chi connectivity index (χ0v) is 14.1. The summed E-state index contributed by atoms with van der Waals surface area (Å²) in [6, 6.07) is 5.25. The van der Waals surface area contributed by atoms with E-state index in [4.69, 9.17) is 9.47 Å². The third kappa shape index (κ3) is 7.04. The highest BCUT2D eigenvalue weighted by Gasteiger charge is 2.11. The van der Waals surface area contributed by atoms with E-state index >= 15 is 0 Å². The molecule has 0 aromatic heterocycles. The maximum Gasteiger partial charge on any atom is 0.411 e. The van der Waals surface area contributed by atoms with E-state index in [1.165, 1.54) is 0 Å². The lowest BCUT2D eigenvalue weighted by atomic mass is 10.1. The Hall–Kier alpha value is -2.24. The van der Waals surface area contributed by atoms with E-state index in [-0.39, 0.29) is 0 Å². The molecular formula is C17H26N2O4. The Labute approximate surface area is 137 Å². The summed E-state index contributed by atoms with van der Waals surface area (Å²) in [5, 5.41) is 5.36. The number of nitrogens with one attached hydrogen (secondary N) is 2. The third-order valence-corrected chi connectivity index (χ3v) is 3.27. The molecule has 1 aromatic rings. The Kier molecular flexibility index (Phi) is 8.57. The van der Waals surface area contributed by atoms with Crippen LogP contribution in [0, 0.1) is 6.92 Å². The summed E-state index contributed by atoms with van der Waals surface area (Å²) < 4.78 is 10.1. The minimum atomic E-state index is -0.496. The van der Waals surface area contributed by atoms with Gasteiger partial charge in [0.2, 0.25) is 0 Å². The molecule has 0 radical (unpaired) electrons. The van der Waals surface area contributed by atoms with Gasteiger partial charge in [0.05, 0.1) is 13.2 Å². The second-order valence-electron chi connectivity index (χ2n) is 5.21. The fourth-order valence-electron chi connectivity index (χ4n) is 1.82. The molecule has 2 N–H and O–H groups in total. The van der Waals surface area contributed by atoms with Crippen LogP contribution in [0.2, 0.25) is 0 Å². The van der Waals surface area contributed by atoms with Crippen molar-refractivity contribution in [3.63, 3.8) is 0 Å². The molecule has 1 aromatic carbocycles. The summed E-state index contributed by atoms with van der Waals surface area (Å²) >= 11 is 0. The standard InChI is InChI=1S/C17H26N2O4/c1-4-6-11-22-16(20)18-14-9-8-10-15(13(14)3)19-17(21)23-12-7-5-2/h8-10H,4-7,11-12H2,1-3H3,(H,18,20)(H,19,21). The van der Waals surface area contributed by atoms with Crippen molar-refractivity contribution in [2.75, 3.05) is 23.8 Å². The predicted molar refractivity (Wildman–Crippen MR) is 90.9 cm³/mol. The molecule has 0 heterocycles. The summed E-state index contributed by atoms with van der Waals surface area (Å²) in [6.45, 7) is 6.65. The normalized spacial score (nSPS) is 10.0. The van der Waals surface area contributed by atoms with Crippen LogP contribution >= 0.6 is 0 Å². The van der Waals surface area contributed by atoms with Gasteiger partial charge in [0.25, 0.3) is 0 Å². The number of carbonyl (C=O) groups excluding carboxylic acids is 2. The van der Waals surface area contributed by atoms with Gasteiger partial charge in [0.1, 0.15) is 0 Å². The van der Waals surface area contributed by atoms with E-state index in [0.717, 1.165) is 31.2 Å². The lowest BCUT2D eigenvalue weighted by Gasteiger charge is -2.13. The third-order valence-electron chi connectivity index (χ3n) is 3.27. The van der Waals surface area contributed by atoms with Crippen molar-refractivity contribution in [3.8, 4) is 0 Å². The topological polar surface area (TPSA) is 76.7 Å². The Morgan fingerprint density at radius 1 is 0.913 bits per heavy atom. The number of carbonyl (C=O) groups is 2. The number of hydrogen-bond donors (Lipinski definition) is 2. The highest BCUT2D eigenvalue weighted by molar-refractivity contribution is 5.91. The van der Waals surface area contributed by atoms with Gasteiger partial charge in [-0.25, -0.2) is 9.59 Å². The number of benzene rings is 1. The van der Waals surface area contributed by atoms with Crippen LogP contribution < -0.4 is 10.6 Å². The number of amides is 2. The monoisotopic (exact) mass is 322 g/mol. The molecule has 0 aliphatic heterocycles. The van der Waals surface area contributed by atoms with Gasteiger partial charge in [-0.2, -0.15) is 0 Å². The minimum absolute atomic E-state index is 0.392. The number of hydrogen-bond acceptors (Lipinski definition) is 4. The molecule has 128 valence electrons. The Morgan fingerprint density at radius 3 is 1.74 bits per heavy atom. The summed E-state index contributed by atoms with van der Waals surface area (Å²) in [4.78, 5) is 23.4. The molecule has 0 bridgehead atoms.